The third kappa shape index (κ3) is 6.12. The summed E-state index contributed by atoms with van der Waals surface area (Å²) in [7, 11) is 0. The summed E-state index contributed by atoms with van der Waals surface area (Å²) in [5.74, 6) is 0.162. The molecule has 19 heavy (non-hydrogen) atoms. The van der Waals surface area contributed by atoms with Gasteiger partial charge in [-0.15, -0.1) is 0 Å². The standard InChI is InChI=1S/C15H23NO2S/c1-11-5-7-12(8-6-11)9-16-13(10-19)14(17)18-15(2,3)4/h5-8,13,16,19H,9-10H2,1-4H3/t13-/m0/s1. The molecule has 1 atom stereocenters. The van der Waals surface area contributed by atoms with Crippen LogP contribution >= 0.6 is 12.6 Å². The van der Waals surface area contributed by atoms with Gasteiger partial charge in [-0.25, -0.2) is 0 Å². The molecule has 0 unspecified atom stereocenters. The number of carbonyl (C=O) groups is 1. The van der Waals surface area contributed by atoms with Gasteiger partial charge in [-0.05, 0) is 33.3 Å². The minimum absolute atomic E-state index is 0.255. The number of esters is 1. The summed E-state index contributed by atoms with van der Waals surface area (Å²) in [5.41, 5.74) is 1.90. The minimum atomic E-state index is -0.468. The van der Waals surface area contributed by atoms with Crippen LogP contribution < -0.4 is 5.32 Å². The molecule has 0 bridgehead atoms. The van der Waals surface area contributed by atoms with Crippen LogP contribution in [0.2, 0.25) is 0 Å². The molecule has 0 saturated heterocycles. The van der Waals surface area contributed by atoms with E-state index in [0.717, 1.165) is 5.56 Å². The minimum Gasteiger partial charge on any atom is -0.459 e. The van der Waals surface area contributed by atoms with Crippen molar-refractivity contribution in [2.45, 2.75) is 45.9 Å². The highest BCUT2D eigenvalue weighted by molar-refractivity contribution is 7.80. The molecule has 0 radical (unpaired) electrons. The predicted molar refractivity (Wildman–Crippen MR) is 81.5 cm³/mol. The first-order valence-corrected chi connectivity index (χ1v) is 7.08. The molecule has 0 amide bonds. The fraction of sp³-hybridized carbons (Fsp3) is 0.533. The molecule has 3 nitrogen and oxygen atoms in total. The van der Waals surface area contributed by atoms with Gasteiger partial charge in [0.2, 0.25) is 0 Å². The van der Waals surface area contributed by atoms with E-state index < -0.39 is 5.60 Å². The van der Waals surface area contributed by atoms with Gasteiger partial charge in [0.25, 0.3) is 0 Å². The number of thiol groups is 1. The fourth-order valence-corrected chi connectivity index (χ4v) is 1.82. The largest absolute Gasteiger partial charge is 0.459 e. The number of hydrogen-bond donors (Lipinski definition) is 2. The van der Waals surface area contributed by atoms with Crippen LogP contribution in [0.25, 0.3) is 0 Å². The number of ether oxygens (including phenoxy) is 1. The second-order valence-corrected chi connectivity index (χ2v) is 6.00. The highest BCUT2D eigenvalue weighted by Gasteiger charge is 2.23. The quantitative estimate of drug-likeness (QED) is 0.644. The molecule has 0 aromatic heterocycles. The second kappa shape index (κ2) is 6.96. The summed E-state index contributed by atoms with van der Waals surface area (Å²) in [6.45, 7) is 8.26. The second-order valence-electron chi connectivity index (χ2n) is 5.64. The molecule has 0 heterocycles. The van der Waals surface area contributed by atoms with E-state index in [1.54, 1.807) is 0 Å². The molecule has 106 valence electrons. The van der Waals surface area contributed by atoms with Crippen molar-refractivity contribution in [2.24, 2.45) is 0 Å². The van der Waals surface area contributed by atoms with Crippen LogP contribution in [0.5, 0.6) is 0 Å². The molecule has 1 aromatic rings. The van der Waals surface area contributed by atoms with Gasteiger partial charge in [0, 0.05) is 12.3 Å². The first kappa shape index (κ1) is 16.1. The zero-order valence-electron chi connectivity index (χ0n) is 12.1. The number of rotatable bonds is 5. The molecule has 1 aromatic carbocycles. The van der Waals surface area contributed by atoms with Crippen LogP contribution in [0.4, 0.5) is 0 Å². The van der Waals surface area contributed by atoms with Crippen molar-refractivity contribution in [3.8, 4) is 0 Å². The summed E-state index contributed by atoms with van der Waals surface area (Å²) in [5, 5.41) is 3.18. The van der Waals surface area contributed by atoms with Gasteiger partial charge in [-0.1, -0.05) is 29.8 Å². The van der Waals surface area contributed by atoms with Crippen LogP contribution in [0, 0.1) is 6.92 Å². The van der Waals surface area contributed by atoms with E-state index in [-0.39, 0.29) is 12.0 Å². The molecule has 0 saturated carbocycles. The maximum Gasteiger partial charge on any atom is 0.324 e. The maximum absolute atomic E-state index is 11.9. The first-order valence-electron chi connectivity index (χ1n) is 6.44. The van der Waals surface area contributed by atoms with E-state index in [1.807, 2.05) is 32.9 Å². The Hall–Kier alpha value is -1.00. The summed E-state index contributed by atoms with van der Waals surface area (Å²) in [6, 6.07) is 7.82. The van der Waals surface area contributed by atoms with E-state index in [2.05, 4.69) is 37.0 Å². The van der Waals surface area contributed by atoms with Crippen molar-refractivity contribution < 1.29 is 9.53 Å². The Morgan fingerprint density at radius 2 is 1.89 bits per heavy atom. The summed E-state index contributed by atoms with van der Waals surface area (Å²) < 4.78 is 5.35. The van der Waals surface area contributed by atoms with Gasteiger partial charge in [0.1, 0.15) is 11.6 Å². The molecule has 4 heteroatoms. The Morgan fingerprint density at radius 1 is 1.32 bits per heavy atom. The van der Waals surface area contributed by atoms with Crippen LogP contribution in [-0.2, 0) is 16.1 Å². The maximum atomic E-state index is 11.9. The van der Waals surface area contributed by atoms with E-state index in [1.165, 1.54) is 5.56 Å². The van der Waals surface area contributed by atoms with Gasteiger partial charge in [0.05, 0.1) is 0 Å². The van der Waals surface area contributed by atoms with Crippen LogP contribution in [-0.4, -0.2) is 23.4 Å². The highest BCUT2D eigenvalue weighted by atomic mass is 32.1. The molecule has 0 aliphatic rings. The van der Waals surface area contributed by atoms with Gasteiger partial charge < -0.3 is 4.74 Å². The lowest BCUT2D eigenvalue weighted by atomic mass is 10.1. The number of benzene rings is 1. The van der Waals surface area contributed by atoms with E-state index >= 15 is 0 Å². The van der Waals surface area contributed by atoms with E-state index in [4.69, 9.17) is 4.74 Å². The molecule has 1 N–H and O–H groups in total. The lowest BCUT2D eigenvalue weighted by Crippen LogP contribution is -2.42. The van der Waals surface area contributed by atoms with Gasteiger partial charge in [-0.2, -0.15) is 12.6 Å². The van der Waals surface area contributed by atoms with E-state index in [0.29, 0.717) is 12.3 Å². The SMILES string of the molecule is Cc1ccc(CN[C@@H](CS)C(=O)OC(C)(C)C)cc1. The summed E-state index contributed by atoms with van der Waals surface area (Å²) >= 11 is 4.20. The zero-order valence-corrected chi connectivity index (χ0v) is 13.0. The van der Waals surface area contributed by atoms with Crippen molar-refractivity contribution in [3.05, 3.63) is 35.4 Å². The smallest absolute Gasteiger partial charge is 0.324 e. The lowest BCUT2D eigenvalue weighted by Gasteiger charge is -2.23. The normalized spacial score (nSPS) is 13.1. The predicted octanol–water partition coefficient (Wildman–Crippen LogP) is 2.72. The van der Waals surface area contributed by atoms with Crippen molar-refractivity contribution in [3.63, 3.8) is 0 Å². The molecular weight excluding hydrogens is 258 g/mol. The average Bonchev–Trinajstić information content (AvgIpc) is 2.30. The molecular formula is C15H23NO2S. The third-order valence-electron chi connectivity index (χ3n) is 2.55. The van der Waals surface area contributed by atoms with Crippen molar-refractivity contribution in [1.82, 2.24) is 5.32 Å². The Balaban J connectivity index is 2.53. The number of aryl methyl sites for hydroxylation is 1. The van der Waals surface area contributed by atoms with Gasteiger partial charge >= 0.3 is 5.97 Å². The molecule has 0 aliphatic carbocycles. The Bertz CT molecular complexity index is 409. The lowest BCUT2D eigenvalue weighted by molar-refractivity contribution is -0.156. The number of hydrogen-bond acceptors (Lipinski definition) is 4. The van der Waals surface area contributed by atoms with Crippen molar-refractivity contribution in [1.29, 1.82) is 0 Å². The molecule has 1 rings (SSSR count). The van der Waals surface area contributed by atoms with Gasteiger partial charge in [0.15, 0.2) is 0 Å². The van der Waals surface area contributed by atoms with Crippen molar-refractivity contribution >= 4 is 18.6 Å². The number of nitrogens with one attached hydrogen (secondary N) is 1. The fourth-order valence-electron chi connectivity index (χ4n) is 1.54. The molecule has 0 aliphatic heterocycles. The van der Waals surface area contributed by atoms with Gasteiger partial charge in [-0.3, -0.25) is 10.1 Å². The van der Waals surface area contributed by atoms with Crippen LogP contribution in [0.1, 0.15) is 31.9 Å². The van der Waals surface area contributed by atoms with Crippen molar-refractivity contribution in [2.75, 3.05) is 5.75 Å². The third-order valence-corrected chi connectivity index (χ3v) is 2.91. The summed E-state index contributed by atoms with van der Waals surface area (Å²) in [4.78, 5) is 11.9. The van der Waals surface area contributed by atoms with E-state index in [9.17, 15) is 4.79 Å². The van der Waals surface area contributed by atoms with Crippen LogP contribution in [0.3, 0.4) is 0 Å². The Kier molecular flexibility index (Phi) is 5.88. The Labute approximate surface area is 121 Å². The zero-order chi connectivity index (χ0) is 14.5. The molecule has 0 fully saturated rings. The highest BCUT2D eigenvalue weighted by Crippen LogP contribution is 2.10. The number of carbonyl (C=O) groups excluding carboxylic acids is 1. The summed E-state index contributed by atoms with van der Waals surface area (Å²) in [6.07, 6.45) is 0. The first-order chi connectivity index (χ1) is 8.81. The van der Waals surface area contributed by atoms with Crippen LogP contribution in [0.15, 0.2) is 24.3 Å². The monoisotopic (exact) mass is 281 g/mol. The topological polar surface area (TPSA) is 38.3 Å². The Morgan fingerprint density at radius 3 is 2.37 bits per heavy atom. The molecule has 0 spiro atoms. The average molecular weight is 281 g/mol.